The lowest BCUT2D eigenvalue weighted by atomic mass is 9.94. The monoisotopic (exact) mass is 299 g/mol. The molecule has 0 amide bonds. The first-order chi connectivity index (χ1) is 10.7. The number of piperidine rings is 1. The van der Waals surface area contributed by atoms with E-state index in [4.69, 9.17) is 4.74 Å². The summed E-state index contributed by atoms with van der Waals surface area (Å²) < 4.78 is 5.85. The minimum Gasteiger partial charge on any atom is -0.490 e. The molecule has 3 rings (SSSR count). The van der Waals surface area contributed by atoms with Crippen molar-refractivity contribution in [1.82, 2.24) is 9.97 Å². The van der Waals surface area contributed by atoms with Crippen molar-refractivity contribution in [1.29, 1.82) is 0 Å². The quantitative estimate of drug-likeness (QED) is 0.938. The third kappa shape index (κ3) is 3.36. The number of aromatic nitrogens is 2. The Hall–Kier alpha value is -2.14. The maximum Gasteiger partial charge on any atom is 0.225 e. The molecule has 116 valence electrons. The molecule has 1 N–H and O–H groups in total. The van der Waals surface area contributed by atoms with Crippen LogP contribution in [0.2, 0.25) is 0 Å². The first-order valence-electron chi connectivity index (χ1n) is 7.59. The number of hydrogen-bond donors (Lipinski definition) is 1. The van der Waals surface area contributed by atoms with Crippen LogP contribution in [0.1, 0.15) is 18.4 Å². The SMILES string of the molecule is Cc1ccccc1OC[C@@]1(O)CCCN(c2ncccn2)C1. The van der Waals surface area contributed by atoms with Crippen LogP contribution in [-0.2, 0) is 0 Å². The molecule has 0 bridgehead atoms. The summed E-state index contributed by atoms with van der Waals surface area (Å²) in [5.41, 5.74) is 0.199. The van der Waals surface area contributed by atoms with Gasteiger partial charge in [0.15, 0.2) is 0 Å². The van der Waals surface area contributed by atoms with Crippen molar-refractivity contribution < 1.29 is 9.84 Å². The minimum absolute atomic E-state index is 0.279. The zero-order chi connectivity index (χ0) is 15.4. The van der Waals surface area contributed by atoms with Crippen molar-refractivity contribution in [3.8, 4) is 5.75 Å². The van der Waals surface area contributed by atoms with E-state index in [1.807, 2.05) is 36.1 Å². The molecule has 1 aliphatic rings. The molecule has 0 aliphatic carbocycles. The van der Waals surface area contributed by atoms with E-state index in [1.165, 1.54) is 0 Å². The molecule has 1 aromatic carbocycles. The number of hydrogen-bond acceptors (Lipinski definition) is 5. The molecule has 1 aliphatic heterocycles. The summed E-state index contributed by atoms with van der Waals surface area (Å²) in [4.78, 5) is 10.5. The predicted molar refractivity (Wildman–Crippen MR) is 85.1 cm³/mol. The fourth-order valence-electron chi connectivity index (χ4n) is 2.79. The van der Waals surface area contributed by atoms with E-state index in [0.717, 1.165) is 30.7 Å². The standard InChI is InChI=1S/C17H21N3O2/c1-14-6-2-3-7-15(14)22-13-17(21)8-4-11-20(12-17)16-18-9-5-10-19-16/h2-3,5-7,9-10,21H,4,8,11-13H2,1H3/t17-/m1/s1. The Balaban J connectivity index is 1.66. The number of aliphatic hydroxyl groups is 1. The molecule has 0 radical (unpaired) electrons. The normalized spacial score (nSPS) is 21.6. The van der Waals surface area contributed by atoms with Crippen molar-refractivity contribution in [3.05, 3.63) is 48.3 Å². The fraction of sp³-hybridized carbons (Fsp3) is 0.412. The van der Waals surface area contributed by atoms with Crippen LogP contribution in [0.25, 0.3) is 0 Å². The van der Waals surface area contributed by atoms with Crippen LogP contribution in [0, 0.1) is 6.92 Å². The van der Waals surface area contributed by atoms with Gasteiger partial charge >= 0.3 is 0 Å². The van der Waals surface area contributed by atoms with Crippen molar-refractivity contribution in [3.63, 3.8) is 0 Å². The van der Waals surface area contributed by atoms with Crippen LogP contribution in [-0.4, -0.2) is 40.4 Å². The zero-order valence-corrected chi connectivity index (χ0v) is 12.8. The molecule has 5 heteroatoms. The summed E-state index contributed by atoms with van der Waals surface area (Å²) in [7, 11) is 0. The Kier molecular flexibility index (Phi) is 4.24. The highest BCUT2D eigenvalue weighted by atomic mass is 16.5. The summed E-state index contributed by atoms with van der Waals surface area (Å²) in [5, 5.41) is 10.8. The van der Waals surface area contributed by atoms with Crippen LogP contribution < -0.4 is 9.64 Å². The lowest BCUT2D eigenvalue weighted by molar-refractivity contribution is -0.0159. The highest BCUT2D eigenvalue weighted by molar-refractivity contribution is 5.33. The molecule has 0 spiro atoms. The zero-order valence-electron chi connectivity index (χ0n) is 12.8. The van der Waals surface area contributed by atoms with Crippen LogP contribution >= 0.6 is 0 Å². The lowest BCUT2D eigenvalue weighted by Crippen LogP contribution is -2.52. The summed E-state index contributed by atoms with van der Waals surface area (Å²) in [6.07, 6.45) is 5.06. The number of anilines is 1. The smallest absolute Gasteiger partial charge is 0.225 e. The van der Waals surface area contributed by atoms with E-state index in [1.54, 1.807) is 18.5 Å². The molecule has 1 aromatic heterocycles. The van der Waals surface area contributed by atoms with Crippen molar-refractivity contribution in [2.24, 2.45) is 0 Å². The predicted octanol–water partition coefficient (Wildman–Crippen LogP) is 2.20. The molecule has 5 nitrogen and oxygen atoms in total. The number of β-amino-alcohol motifs (C(OH)–C–C–N with tert-alkyl or cyclic N) is 1. The molecular formula is C17H21N3O2. The van der Waals surface area contributed by atoms with Gasteiger partial charge in [-0.3, -0.25) is 0 Å². The molecular weight excluding hydrogens is 278 g/mol. The molecule has 1 saturated heterocycles. The molecule has 2 aromatic rings. The highest BCUT2D eigenvalue weighted by Crippen LogP contribution is 2.26. The first-order valence-corrected chi connectivity index (χ1v) is 7.59. The first kappa shape index (κ1) is 14.8. The molecule has 2 heterocycles. The maximum atomic E-state index is 10.8. The molecule has 1 atom stereocenters. The minimum atomic E-state index is -0.875. The van der Waals surface area contributed by atoms with E-state index in [0.29, 0.717) is 12.5 Å². The van der Waals surface area contributed by atoms with Gasteiger partial charge in [-0.15, -0.1) is 0 Å². The molecule has 1 fully saturated rings. The van der Waals surface area contributed by atoms with Crippen LogP contribution in [0.15, 0.2) is 42.7 Å². The van der Waals surface area contributed by atoms with Gasteiger partial charge in [-0.05, 0) is 37.5 Å². The number of ether oxygens (including phenoxy) is 1. The van der Waals surface area contributed by atoms with Gasteiger partial charge in [-0.2, -0.15) is 0 Å². The Morgan fingerprint density at radius 1 is 1.23 bits per heavy atom. The highest BCUT2D eigenvalue weighted by Gasteiger charge is 2.35. The second-order valence-electron chi connectivity index (χ2n) is 5.85. The summed E-state index contributed by atoms with van der Waals surface area (Å²) in [6, 6.07) is 9.65. The second kappa shape index (κ2) is 6.32. The van der Waals surface area contributed by atoms with Crippen LogP contribution in [0.4, 0.5) is 5.95 Å². The largest absolute Gasteiger partial charge is 0.490 e. The van der Waals surface area contributed by atoms with E-state index in [9.17, 15) is 5.11 Å². The Bertz CT molecular complexity index is 620. The van der Waals surface area contributed by atoms with E-state index < -0.39 is 5.60 Å². The molecule has 22 heavy (non-hydrogen) atoms. The lowest BCUT2D eigenvalue weighted by Gasteiger charge is -2.38. The third-order valence-corrected chi connectivity index (χ3v) is 3.98. The van der Waals surface area contributed by atoms with Gasteiger partial charge in [-0.1, -0.05) is 18.2 Å². The van der Waals surface area contributed by atoms with Gasteiger partial charge in [0, 0.05) is 18.9 Å². The Morgan fingerprint density at radius 2 is 2.00 bits per heavy atom. The number of para-hydroxylation sites is 1. The summed E-state index contributed by atoms with van der Waals surface area (Å²) >= 11 is 0. The van der Waals surface area contributed by atoms with Crippen molar-refractivity contribution >= 4 is 5.95 Å². The number of nitrogens with zero attached hydrogens (tertiary/aromatic N) is 3. The summed E-state index contributed by atoms with van der Waals surface area (Å²) in [6.45, 7) is 3.63. The maximum absolute atomic E-state index is 10.8. The van der Waals surface area contributed by atoms with Gasteiger partial charge in [0.1, 0.15) is 18.0 Å². The van der Waals surface area contributed by atoms with E-state index in [-0.39, 0.29) is 6.61 Å². The second-order valence-corrected chi connectivity index (χ2v) is 5.85. The molecule has 0 unspecified atom stereocenters. The number of aryl methyl sites for hydroxylation is 1. The topological polar surface area (TPSA) is 58.5 Å². The summed E-state index contributed by atoms with van der Waals surface area (Å²) in [5.74, 6) is 1.49. The van der Waals surface area contributed by atoms with Crippen LogP contribution in [0.5, 0.6) is 5.75 Å². The Labute approximate surface area is 130 Å². The fourth-order valence-corrected chi connectivity index (χ4v) is 2.79. The van der Waals surface area contributed by atoms with Crippen molar-refractivity contribution in [2.75, 3.05) is 24.6 Å². The average Bonchev–Trinajstić information content (AvgIpc) is 2.55. The van der Waals surface area contributed by atoms with E-state index >= 15 is 0 Å². The van der Waals surface area contributed by atoms with Gasteiger partial charge in [0.25, 0.3) is 0 Å². The molecule has 0 saturated carbocycles. The third-order valence-electron chi connectivity index (χ3n) is 3.98. The van der Waals surface area contributed by atoms with Gasteiger partial charge in [0.2, 0.25) is 5.95 Å². The van der Waals surface area contributed by atoms with Gasteiger partial charge < -0.3 is 14.7 Å². The van der Waals surface area contributed by atoms with Gasteiger partial charge in [-0.25, -0.2) is 9.97 Å². The number of benzene rings is 1. The Morgan fingerprint density at radius 3 is 2.77 bits per heavy atom. The number of rotatable bonds is 4. The van der Waals surface area contributed by atoms with Crippen LogP contribution in [0.3, 0.4) is 0 Å². The van der Waals surface area contributed by atoms with Crippen molar-refractivity contribution in [2.45, 2.75) is 25.4 Å². The van der Waals surface area contributed by atoms with E-state index in [2.05, 4.69) is 9.97 Å². The average molecular weight is 299 g/mol. The van der Waals surface area contributed by atoms with Gasteiger partial charge in [0.05, 0.1) is 6.54 Å².